The largest absolute Gasteiger partial charge is 0.431 e. The van der Waals surface area contributed by atoms with Crippen LogP contribution in [0.2, 0.25) is 0 Å². The second kappa shape index (κ2) is 6.14. The highest BCUT2D eigenvalue weighted by Gasteiger charge is 2.46. The number of halogens is 2. The van der Waals surface area contributed by atoms with Gasteiger partial charge in [-0.15, -0.1) is 0 Å². The third-order valence-corrected chi connectivity index (χ3v) is 6.76. The molecule has 5 aliphatic rings. The van der Waals surface area contributed by atoms with E-state index in [2.05, 4.69) is 19.5 Å². The lowest BCUT2D eigenvalue weighted by Crippen LogP contribution is -2.31. The van der Waals surface area contributed by atoms with Gasteiger partial charge in [0.1, 0.15) is 5.82 Å². The first-order chi connectivity index (χ1) is 14.0. The van der Waals surface area contributed by atoms with Crippen molar-refractivity contribution >= 4 is 17.6 Å². The molecule has 0 aromatic carbocycles. The number of fused-ring (bicyclic) bond motifs is 2. The van der Waals surface area contributed by atoms with Gasteiger partial charge in [-0.05, 0) is 43.1 Å². The Balaban J connectivity index is 1.40. The van der Waals surface area contributed by atoms with E-state index in [1.807, 2.05) is 6.07 Å². The molecule has 2 aromatic rings. The Kier molecular flexibility index (Phi) is 3.64. The van der Waals surface area contributed by atoms with Crippen molar-refractivity contribution in [3.63, 3.8) is 0 Å². The Labute approximate surface area is 166 Å². The summed E-state index contributed by atoms with van der Waals surface area (Å²) in [6, 6.07) is 3.92. The molecule has 0 spiro atoms. The molecular formula is C20H22F2N6O. The van der Waals surface area contributed by atoms with Gasteiger partial charge in [0.15, 0.2) is 11.6 Å². The number of aromatic nitrogens is 3. The molecule has 2 unspecified atom stereocenters. The van der Waals surface area contributed by atoms with Crippen LogP contribution < -0.4 is 20.3 Å². The van der Waals surface area contributed by atoms with Crippen LogP contribution in [-0.2, 0) is 0 Å². The fraction of sp³-hybridized carbons (Fsp3) is 0.550. The molecule has 7 nitrogen and oxygen atoms in total. The first kappa shape index (κ1) is 17.2. The van der Waals surface area contributed by atoms with E-state index in [-0.39, 0.29) is 11.6 Å². The van der Waals surface area contributed by atoms with E-state index in [1.165, 1.54) is 25.3 Å². The number of rotatable bonds is 5. The molecule has 0 radical (unpaired) electrons. The minimum Gasteiger partial charge on any atom is -0.431 e. The van der Waals surface area contributed by atoms with Gasteiger partial charge in [-0.3, -0.25) is 0 Å². The normalized spacial score (nSPS) is 29.2. The zero-order valence-corrected chi connectivity index (χ0v) is 15.8. The first-order valence-electron chi connectivity index (χ1n) is 10.1. The van der Waals surface area contributed by atoms with Gasteiger partial charge in [0, 0.05) is 43.5 Å². The quantitative estimate of drug-likeness (QED) is 0.827. The van der Waals surface area contributed by atoms with Gasteiger partial charge in [0.25, 0.3) is 0 Å². The molecular weight excluding hydrogens is 378 g/mol. The van der Waals surface area contributed by atoms with Crippen molar-refractivity contribution in [3.8, 4) is 17.0 Å². The summed E-state index contributed by atoms with van der Waals surface area (Å²) in [5.74, 6) is 3.71. The molecule has 2 N–H and O–H groups in total. The maximum Gasteiger partial charge on any atom is 0.387 e. The Hall–Kier alpha value is -2.71. The van der Waals surface area contributed by atoms with Gasteiger partial charge < -0.3 is 20.3 Å². The third kappa shape index (κ3) is 2.94. The number of pyridine rings is 1. The molecule has 2 atom stereocenters. The summed E-state index contributed by atoms with van der Waals surface area (Å²) in [4.78, 5) is 18.3. The Bertz CT molecular complexity index is 956. The van der Waals surface area contributed by atoms with Gasteiger partial charge in [-0.2, -0.15) is 13.8 Å². The highest BCUT2D eigenvalue weighted by atomic mass is 19.3. The maximum absolute atomic E-state index is 12.7. The summed E-state index contributed by atoms with van der Waals surface area (Å²) in [7, 11) is 0. The van der Waals surface area contributed by atoms with Crippen LogP contribution in [0.25, 0.3) is 11.3 Å². The standard InChI is InChI=1S/C20H22F2N6O/c21-19(22)29-16-4-11(6-24-18(16)23)15-5-17(27-8-12-3-13(12)9-27)26-20(25-15)28-7-10-1-14(28)2-10/h4-6,10,12-14,19H,1-3,7-9H2,(H2,23,24). The van der Waals surface area contributed by atoms with Crippen LogP contribution in [0, 0.1) is 17.8 Å². The van der Waals surface area contributed by atoms with Gasteiger partial charge in [0.2, 0.25) is 5.95 Å². The van der Waals surface area contributed by atoms with Crippen LogP contribution in [0.5, 0.6) is 5.75 Å². The predicted molar refractivity (Wildman–Crippen MR) is 104 cm³/mol. The van der Waals surface area contributed by atoms with Crippen molar-refractivity contribution in [2.24, 2.45) is 17.8 Å². The minimum atomic E-state index is -2.96. The summed E-state index contributed by atoms with van der Waals surface area (Å²) in [5, 5.41) is 0. The Morgan fingerprint density at radius 3 is 2.55 bits per heavy atom. The topological polar surface area (TPSA) is 80.4 Å². The average molecular weight is 400 g/mol. The van der Waals surface area contributed by atoms with E-state index in [0.717, 1.165) is 49.2 Å². The van der Waals surface area contributed by atoms with E-state index in [0.29, 0.717) is 17.3 Å². The number of piperidine rings is 1. The number of nitrogens with zero attached hydrogens (tertiary/aromatic N) is 5. The fourth-order valence-corrected chi connectivity index (χ4v) is 5.01. The van der Waals surface area contributed by atoms with Gasteiger partial charge in [0.05, 0.1) is 5.69 Å². The van der Waals surface area contributed by atoms with E-state index in [4.69, 9.17) is 15.7 Å². The van der Waals surface area contributed by atoms with Crippen molar-refractivity contribution in [2.45, 2.75) is 31.9 Å². The summed E-state index contributed by atoms with van der Waals surface area (Å²) >= 11 is 0. The lowest BCUT2D eigenvalue weighted by molar-refractivity contribution is -0.0494. The highest BCUT2D eigenvalue weighted by molar-refractivity contribution is 5.68. The van der Waals surface area contributed by atoms with E-state index in [9.17, 15) is 8.78 Å². The van der Waals surface area contributed by atoms with Crippen LogP contribution in [0.3, 0.4) is 0 Å². The molecule has 152 valence electrons. The molecule has 9 heteroatoms. The van der Waals surface area contributed by atoms with E-state index in [1.54, 1.807) is 6.20 Å². The van der Waals surface area contributed by atoms with Gasteiger partial charge in [-0.25, -0.2) is 9.97 Å². The molecule has 5 heterocycles. The van der Waals surface area contributed by atoms with Crippen molar-refractivity contribution in [1.82, 2.24) is 15.0 Å². The van der Waals surface area contributed by atoms with Crippen molar-refractivity contribution in [3.05, 3.63) is 18.3 Å². The first-order valence-corrected chi connectivity index (χ1v) is 10.1. The second-order valence-electron chi connectivity index (χ2n) is 8.70. The molecule has 2 aromatic heterocycles. The smallest absolute Gasteiger partial charge is 0.387 e. The number of hydrogen-bond acceptors (Lipinski definition) is 7. The number of nitrogen functional groups attached to an aromatic ring is 1. The van der Waals surface area contributed by atoms with Crippen molar-refractivity contribution < 1.29 is 13.5 Å². The lowest BCUT2D eigenvalue weighted by Gasteiger charge is -2.27. The SMILES string of the molecule is Nc1ncc(-c2cc(N3CC4CC4C3)nc(N3CC4CC3C4)n2)cc1OC(F)F. The molecule has 3 saturated heterocycles. The van der Waals surface area contributed by atoms with Gasteiger partial charge in [-0.1, -0.05) is 0 Å². The molecule has 29 heavy (non-hydrogen) atoms. The van der Waals surface area contributed by atoms with Crippen molar-refractivity contribution in [1.29, 1.82) is 0 Å². The highest BCUT2D eigenvalue weighted by Crippen LogP contribution is 2.47. The number of nitrogens with two attached hydrogens (primary N) is 1. The van der Waals surface area contributed by atoms with Crippen LogP contribution in [0.4, 0.5) is 26.4 Å². The summed E-state index contributed by atoms with van der Waals surface area (Å²) in [6.07, 6.45) is 5.27. The number of alkyl halides is 2. The van der Waals surface area contributed by atoms with Crippen LogP contribution in [0.15, 0.2) is 18.3 Å². The predicted octanol–water partition coefficient (Wildman–Crippen LogP) is 2.78. The van der Waals surface area contributed by atoms with Crippen LogP contribution in [0.1, 0.15) is 19.3 Å². The van der Waals surface area contributed by atoms with Crippen LogP contribution >= 0.6 is 0 Å². The number of anilines is 3. The Morgan fingerprint density at radius 2 is 1.86 bits per heavy atom. The number of hydrogen-bond donors (Lipinski definition) is 1. The van der Waals surface area contributed by atoms with Crippen molar-refractivity contribution in [2.75, 3.05) is 35.2 Å². The molecule has 7 rings (SSSR count). The lowest BCUT2D eigenvalue weighted by atomic mass is 9.86. The Morgan fingerprint density at radius 1 is 1.07 bits per heavy atom. The number of ether oxygens (including phenoxy) is 1. The monoisotopic (exact) mass is 400 g/mol. The second-order valence-corrected chi connectivity index (χ2v) is 8.70. The molecule has 2 bridgehead atoms. The maximum atomic E-state index is 12.7. The minimum absolute atomic E-state index is 0.0662. The zero-order valence-electron chi connectivity index (χ0n) is 15.8. The summed E-state index contributed by atoms with van der Waals surface area (Å²) < 4.78 is 30.0. The van der Waals surface area contributed by atoms with E-state index >= 15 is 0 Å². The summed E-state index contributed by atoms with van der Waals surface area (Å²) in [5.41, 5.74) is 6.95. The van der Waals surface area contributed by atoms with E-state index < -0.39 is 6.61 Å². The fourth-order valence-electron chi connectivity index (χ4n) is 5.01. The molecule has 5 fully saturated rings. The summed E-state index contributed by atoms with van der Waals surface area (Å²) in [6.45, 7) is 0.0654. The van der Waals surface area contributed by atoms with Gasteiger partial charge >= 0.3 is 6.61 Å². The van der Waals surface area contributed by atoms with Crippen LogP contribution in [-0.4, -0.2) is 47.2 Å². The molecule has 3 aliphatic heterocycles. The molecule has 2 saturated carbocycles. The molecule has 2 aliphatic carbocycles. The molecule has 0 amide bonds. The third-order valence-electron chi connectivity index (χ3n) is 6.76. The zero-order chi connectivity index (χ0) is 19.7. The average Bonchev–Trinajstić information content (AvgIpc) is 3.06.